The van der Waals surface area contributed by atoms with Crippen LogP contribution in [0.15, 0.2) is 59.5 Å². The Morgan fingerprint density at radius 3 is 2.15 bits per heavy atom. The van der Waals surface area contributed by atoms with E-state index in [1.807, 2.05) is 19.1 Å². The van der Waals surface area contributed by atoms with Crippen LogP contribution in [-0.2, 0) is 10.0 Å². The van der Waals surface area contributed by atoms with Crippen LogP contribution in [0.4, 0.5) is 11.4 Å². The maximum Gasteiger partial charge on any atom is 0.262 e. The van der Waals surface area contributed by atoms with Crippen LogP contribution in [0.5, 0.6) is 17.2 Å². The van der Waals surface area contributed by atoms with Crippen molar-refractivity contribution < 1.29 is 27.4 Å². The van der Waals surface area contributed by atoms with E-state index in [2.05, 4.69) is 10.0 Å². The number of sulfonamides is 1. The van der Waals surface area contributed by atoms with Crippen LogP contribution in [0.1, 0.15) is 15.9 Å². The second-order valence-corrected chi connectivity index (χ2v) is 9.01. The fraction of sp³-hybridized carbons (Fsp3) is 0.174. The van der Waals surface area contributed by atoms with E-state index in [0.717, 1.165) is 5.56 Å². The van der Waals surface area contributed by atoms with Gasteiger partial charge in [-0.3, -0.25) is 9.52 Å². The van der Waals surface area contributed by atoms with Crippen LogP contribution in [0.25, 0.3) is 0 Å². The molecule has 2 N–H and O–H groups in total. The molecule has 3 aromatic carbocycles. The Hall–Kier alpha value is -3.43. The number of aryl methyl sites for hydroxylation is 1. The molecule has 0 aliphatic heterocycles. The molecule has 0 saturated heterocycles. The first-order valence-corrected chi connectivity index (χ1v) is 11.6. The van der Waals surface area contributed by atoms with Gasteiger partial charge in [0.05, 0.1) is 42.6 Å². The third kappa shape index (κ3) is 5.32. The highest BCUT2D eigenvalue weighted by Gasteiger charge is 2.21. The molecule has 0 spiro atoms. The Morgan fingerprint density at radius 1 is 0.848 bits per heavy atom. The fourth-order valence-corrected chi connectivity index (χ4v) is 4.43. The molecule has 0 atom stereocenters. The number of methoxy groups -OCH3 is 3. The number of hydrogen-bond acceptors (Lipinski definition) is 6. The lowest BCUT2D eigenvalue weighted by atomic mass is 10.1. The summed E-state index contributed by atoms with van der Waals surface area (Å²) in [5, 5.41) is 2.99. The van der Waals surface area contributed by atoms with E-state index in [9.17, 15) is 13.2 Å². The molecule has 0 saturated carbocycles. The minimum Gasteiger partial charge on any atom is -0.495 e. The third-order valence-electron chi connectivity index (χ3n) is 4.84. The first kappa shape index (κ1) is 24.2. The normalized spacial score (nSPS) is 10.9. The van der Waals surface area contributed by atoms with Crippen LogP contribution >= 0.6 is 11.6 Å². The van der Waals surface area contributed by atoms with Crippen LogP contribution in [-0.4, -0.2) is 35.7 Å². The van der Waals surface area contributed by atoms with Crippen molar-refractivity contribution >= 4 is 38.9 Å². The highest BCUT2D eigenvalue weighted by Crippen LogP contribution is 2.37. The SMILES string of the molecule is COc1cc(NS(=O)(=O)c2ccc(OC)c(NC(=O)c3ccccc3C)c2)c(OC)cc1Cl. The van der Waals surface area contributed by atoms with E-state index in [0.29, 0.717) is 11.3 Å². The molecule has 3 rings (SSSR count). The molecule has 0 aliphatic carbocycles. The topological polar surface area (TPSA) is 103 Å². The van der Waals surface area contributed by atoms with Gasteiger partial charge in [-0.1, -0.05) is 29.8 Å². The lowest BCUT2D eigenvalue weighted by Gasteiger charge is -2.16. The van der Waals surface area contributed by atoms with Crippen molar-refractivity contribution in [2.24, 2.45) is 0 Å². The molecule has 1 amide bonds. The smallest absolute Gasteiger partial charge is 0.262 e. The Morgan fingerprint density at radius 2 is 1.52 bits per heavy atom. The maximum absolute atomic E-state index is 13.1. The molecule has 0 fully saturated rings. The van der Waals surface area contributed by atoms with Gasteiger partial charge in [-0.2, -0.15) is 0 Å². The molecule has 0 heterocycles. The van der Waals surface area contributed by atoms with Crippen molar-refractivity contribution in [3.05, 3.63) is 70.7 Å². The monoisotopic (exact) mass is 490 g/mol. The van der Waals surface area contributed by atoms with E-state index in [1.54, 1.807) is 12.1 Å². The van der Waals surface area contributed by atoms with Crippen LogP contribution in [0.3, 0.4) is 0 Å². The Labute approximate surface area is 197 Å². The number of benzene rings is 3. The minimum atomic E-state index is -4.08. The maximum atomic E-state index is 13.1. The predicted molar refractivity (Wildman–Crippen MR) is 127 cm³/mol. The van der Waals surface area contributed by atoms with Gasteiger partial charge in [0.1, 0.15) is 17.2 Å². The van der Waals surface area contributed by atoms with Gasteiger partial charge < -0.3 is 19.5 Å². The number of halogens is 1. The van der Waals surface area contributed by atoms with Gasteiger partial charge in [0.25, 0.3) is 15.9 Å². The number of anilines is 2. The highest BCUT2D eigenvalue weighted by molar-refractivity contribution is 7.92. The summed E-state index contributed by atoms with van der Waals surface area (Å²) in [5.41, 5.74) is 1.58. The summed E-state index contributed by atoms with van der Waals surface area (Å²) in [6.45, 7) is 1.81. The molecule has 0 radical (unpaired) electrons. The molecule has 0 bridgehead atoms. The summed E-state index contributed by atoms with van der Waals surface area (Å²) >= 11 is 6.10. The molecular formula is C23H23ClN2O6S. The molecule has 33 heavy (non-hydrogen) atoms. The van der Waals surface area contributed by atoms with Gasteiger partial charge in [-0.05, 0) is 36.8 Å². The van der Waals surface area contributed by atoms with Gasteiger partial charge >= 0.3 is 0 Å². The standard InChI is InChI=1S/C23H23ClN2O6S/c1-14-7-5-6-8-16(14)23(27)25-18-11-15(9-10-20(18)30-2)33(28,29)26-19-13-21(31-3)17(24)12-22(19)32-4/h5-13,26H,1-4H3,(H,25,27). The van der Waals surface area contributed by atoms with Gasteiger partial charge in [0.15, 0.2) is 0 Å². The van der Waals surface area contributed by atoms with E-state index in [4.69, 9.17) is 25.8 Å². The van der Waals surface area contributed by atoms with Gasteiger partial charge in [-0.25, -0.2) is 8.42 Å². The number of hydrogen-bond donors (Lipinski definition) is 2. The van der Waals surface area contributed by atoms with E-state index in [-0.39, 0.29) is 32.8 Å². The molecule has 0 unspecified atom stereocenters. The zero-order valence-electron chi connectivity index (χ0n) is 18.4. The first-order valence-electron chi connectivity index (χ1n) is 9.69. The number of carbonyl (C=O) groups is 1. The van der Waals surface area contributed by atoms with E-state index >= 15 is 0 Å². The van der Waals surface area contributed by atoms with Crippen molar-refractivity contribution in [3.63, 3.8) is 0 Å². The van der Waals surface area contributed by atoms with E-state index in [1.165, 1.54) is 51.7 Å². The Bertz CT molecular complexity index is 1290. The van der Waals surface area contributed by atoms with Crippen molar-refractivity contribution in [2.75, 3.05) is 31.4 Å². The van der Waals surface area contributed by atoms with Crippen LogP contribution in [0, 0.1) is 6.92 Å². The first-order chi connectivity index (χ1) is 15.7. The Balaban J connectivity index is 1.97. The minimum absolute atomic E-state index is 0.0978. The molecule has 0 aromatic heterocycles. The van der Waals surface area contributed by atoms with E-state index < -0.39 is 15.9 Å². The summed E-state index contributed by atoms with van der Waals surface area (Å²) in [5.74, 6) is 0.404. The molecule has 174 valence electrons. The summed E-state index contributed by atoms with van der Waals surface area (Å²) < 4.78 is 44.4. The number of carbonyl (C=O) groups excluding carboxylic acids is 1. The lowest BCUT2D eigenvalue weighted by molar-refractivity contribution is 0.102. The zero-order chi connectivity index (χ0) is 24.2. The van der Waals surface area contributed by atoms with Gasteiger partial charge in [0, 0.05) is 17.7 Å². The molecular weight excluding hydrogens is 468 g/mol. The summed E-state index contributed by atoms with van der Waals surface area (Å²) in [6.07, 6.45) is 0. The quantitative estimate of drug-likeness (QED) is 0.473. The lowest BCUT2D eigenvalue weighted by Crippen LogP contribution is -2.16. The molecule has 3 aromatic rings. The van der Waals surface area contributed by atoms with Gasteiger partial charge in [-0.15, -0.1) is 0 Å². The van der Waals surface area contributed by atoms with Crippen molar-refractivity contribution in [2.45, 2.75) is 11.8 Å². The fourth-order valence-electron chi connectivity index (χ4n) is 3.11. The number of rotatable bonds is 8. The average molecular weight is 491 g/mol. The second kappa shape index (κ2) is 10.0. The van der Waals surface area contributed by atoms with Crippen molar-refractivity contribution in [3.8, 4) is 17.2 Å². The zero-order valence-corrected chi connectivity index (χ0v) is 20.0. The number of nitrogens with one attached hydrogen (secondary N) is 2. The molecule has 10 heteroatoms. The second-order valence-electron chi connectivity index (χ2n) is 6.92. The predicted octanol–water partition coefficient (Wildman–Crippen LogP) is 4.73. The highest BCUT2D eigenvalue weighted by atomic mass is 35.5. The van der Waals surface area contributed by atoms with Crippen LogP contribution < -0.4 is 24.2 Å². The largest absolute Gasteiger partial charge is 0.495 e. The molecule has 8 nitrogen and oxygen atoms in total. The van der Waals surface area contributed by atoms with Crippen molar-refractivity contribution in [1.82, 2.24) is 0 Å². The average Bonchev–Trinajstić information content (AvgIpc) is 2.79. The number of ether oxygens (including phenoxy) is 3. The van der Waals surface area contributed by atoms with Crippen molar-refractivity contribution in [1.29, 1.82) is 0 Å². The Kier molecular flexibility index (Phi) is 7.35. The number of amides is 1. The van der Waals surface area contributed by atoms with Gasteiger partial charge in [0.2, 0.25) is 0 Å². The van der Waals surface area contributed by atoms with Crippen LogP contribution in [0.2, 0.25) is 5.02 Å². The summed E-state index contributed by atoms with van der Waals surface area (Å²) in [4.78, 5) is 12.7. The third-order valence-corrected chi connectivity index (χ3v) is 6.50. The molecule has 0 aliphatic rings. The summed E-state index contributed by atoms with van der Waals surface area (Å²) in [6, 6.07) is 14.1. The summed E-state index contributed by atoms with van der Waals surface area (Å²) in [7, 11) is 0.158.